The number of nitrogens with zero attached hydrogens (tertiary/aromatic N) is 3. The first kappa shape index (κ1) is 21.2. The number of para-hydroxylation sites is 1. The van der Waals surface area contributed by atoms with Crippen LogP contribution >= 0.6 is 11.3 Å². The molecule has 0 unspecified atom stereocenters. The summed E-state index contributed by atoms with van der Waals surface area (Å²) in [5.74, 6) is 1.94. The van der Waals surface area contributed by atoms with Crippen molar-refractivity contribution in [2.24, 2.45) is 0 Å². The molecule has 5 heteroatoms. The van der Waals surface area contributed by atoms with Gasteiger partial charge in [0.05, 0.1) is 0 Å². The minimum absolute atomic E-state index is 0.635. The number of hydrogen-bond donors (Lipinski definition) is 0. The molecule has 178 valence electrons. The van der Waals surface area contributed by atoms with E-state index in [-0.39, 0.29) is 0 Å². The molecule has 0 spiro atoms. The van der Waals surface area contributed by atoms with Crippen molar-refractivity contribution in [2.45, 2.75) is 0 Å². The highest BCUT2D eigenvalue weighted by Crippen LogP contribution is 2.37. The molecule has 0 radical (unpaired) electrons. The molecule has 0 saturated carbocycles. The molecule has 0 bridgehead atoms. The van der Waals surface area contributed by atoms with Crippen LogP contribution in [0.3, 0.4) is 0 Å². The molecule has 0 aliphatic rings. The van der Waals surface area contributed by atoms with Gasteiger partial charge >= 0.3 is 0 Å². The van der Waals surface area contributed by atoms with Gasteiger partial charge < -0.3 is 4.42 Å². The van der Waals surface area contributed by atoms with Crippen LogP contribution in [0.25, 0.3) is 76.3 Å². The van der Waals surface area contributed by atoms with E-state index in [2.05, 4.69) is 54.6 Å². The molecule has 0 amide bonds. The van der Waals surface area contributed by atoms with E-state index in [1.54, 1.807) is 11.3 Å². The SMILES string of the molecule is c1ccc(-c2nc(-c3ccc4oc5ccccc5c4c3)nc(-c3ccc4sc5ccccc5c4c3)n2)cc1. The van der Waals surface area contributed by atoms with E-state index < -0.39 is 0 Å². The second-order valence-electron chi connectivity index (χ2n) is 9.29. The Morgan fingerprint density at radius 2 is 1.00 bits per heavy atom. The minimum Gasteiger partial charge on any atom is -0.456 e. The first-order valence-corrected chi connectivity index (χ1v) is 13.3. The van der Waals surface area contributed by atoms with Gasteiger partial charge in [0.25, 0.3) is 0 Å². The molecule has 38 heavy (non-hydrogen) atoms. The zero-order valence-electron chi connectivity index (χ0n) is 20.1. The molecule has 5 aromatic carbocycles. The Morgan fingerprint density at radius 1 is 0.421 bits per heavy atom. The third-order valence-corrected chi connectivity index (χ3v) is 8.09. The Hall–Kier alpha value is -4.87. The van der Waals surface area contributed by atoms with Crippen LogP contribution in [0.15, 0.2) is 120 Å². The van der Waals surface area contributed by atoms with E-state index in [9.17, 15) is 0 Å². The van der Waals surface area contributed by atoms with Crippen LogP contribution in [-0.4, -0.2) is 15.0 Å². The Bertz CT molecular complexity index is 2010. The molecule has 8 rings (SSSR count). The summed E-state index contributed by atoms with van der Waals surface area (Å²) in [5.41, 5.74) is 4.57. The van der Waals surface area contributed by atoms with Gasteiger partial charge in [-0.1, -0.05) is 66.7 Å². The minimum atomic E-state index is 0.635. The predicted octanol–water partition coefficient (Wildman–Crippen LogP) is 9.14. The van der Waals surface area contributed by atoms with Crippen LogP contribution < -0.4 is 0 Å². The Balaban J connectivity index is 1.35. The lowest BCUT2D eigenvalue weighted by Gasteiger charge is -2.09. The number of thiophene rings is 1. The van der Waals surface area contributed by atoms with E-state index in [0.717, 1.165) is 38.6 Å². The molecule has 0 aliphatic carbocycles. The Morgan fingerprint density at radius 3 is 1.82 bits per heavy atom. The van der Waals surface area contributed by atoms with E-state index in [0.29, 0.717) is 17.5 Å². The van der Waals surface area contributed by atoms with Gasteiger partial charge in [0.2, 0.25) is 0 Å². The fourth-order valence-corrected chi connectivity index (χ4v) is 6.17. The molecule has 0 atom stereocenters. The number of benzene rings is 5. The van der Waals surface area contributed by atoms with Gasteiger partial charge in [-0.05, 0) is 48.5 Å². The fraction of sp³-hybridized carbons (Fsp3) is 0. The van der Waals surface area contributed by atoms with E-state index in [1.807, 2.05) is 60.7 Å². The Kier molecular flexibility index (Phi) is 4.66. The van der Waals surface area contributed by atoms with Gasteiger partial charge in [-0.3, -0.25) is 0 Å². The predicted molar refractivity (Wildman–Crippen MR) is 156 cm³/mol. The molecule has 0 N–H and O–H groups in total. The fourth-order valence-electron chi connectivity index (χ4n) is 5.08. The highest BCUT2D eigenvalue weighted by molar-refractivity contribution is 7.25. The zero-order chi connectivity index (χ0) is 25.1. The smallest absolute Gasteiger partial charge is 0.164 e. The molecule has 0 fully saturated rings. The highest BCUT2D eigenvalue weighted by Gasteiger charge is 2.15. The molecule has 4 nitrogen and oxygen atoms in total. The van der Waals surface area contributed by atoms with Crippen molar-refractivity contribution >= 4 is 53.4 Å². The lowest BCUT2D eigenvalue weighted by Crippen LogP contribution is -2.00. The maximum Gasteiger partial charge on any atom is 0.164 e. The van der Waals surface area contributed by atoms with Gasteiger partial charge in [0, 0.05) is 47.6 Å². The van der Waals surface area contributed by atoms with Crippen LogP contribution in [-0.2, 0) is 0 Å². The van der Waals surface area contributed by atoms with Crippen LogP contribution in [0.5, 0.6) is 0 Å². The number of rotatable bonds is 3. The topological polar surface area (TPSA) is 51.8 Å². The lowest BCUT2D eigenvalue weighted by atomic mass is 10.1. The van der Waals surface area contributed by atoms with Gasteiger partial charge in [-0.25, -0.2) is 15.0 Å². The number of fused-ring (bicyclic) bond motifs is 6. The maximum absolute atomic E-state index is 6.05. The molecule has 0 aliphatic heterocycles. The molecule has 0 saturated heterocycles. The summed E-state index contributed by atoms with van der Waals surface area (Å²) in [5, 5.41) is 4.60. The van der Waals surface area contributed by atoms with Crippen LogP contribution in [0, 0.1) is 0 Å². The average Bonchev–Trinajstić information content (AvgIpc) is 3.55. The number of hydrogen-bond acceptors (Lipinski definition) is 5. The third kappa shape index (κ3) is 3.40. The van der Waals surface area contributed by atoms with E-state index in [1.165, 1.54) is 20.2 Å². The number of aromatic nitrogens is 3. The van der Waals surface area contributed by atoms with Crippen molar-refractivity contribution in [1.82, 2.24) is 15.0 Å². The van der Waals surface area contributed by atoms with E-state index in [4.69, 9.17) is 19.4 Å². The number of furan rings is 1. The zero-order valence-corrected chi connectivity index (χ0v) is 20.9. The monoisotopic (exact) mass is 505 g/mol. The summed E-state index contributed by atoms with van der Waals surface area (Å²) in [6.45, 7) is 0. The summed E-state index contributed by atoms with van der Waals surface area (Å²) in [7, 11) is 0. The largest absolute Gasteiger partial charge is 0.456 e. The molecular weight excluding hydrogens is 486 g/mol. The van der Waals surface area contributed by atoms with Crippen molar-refractivity contribution < 1.29 is 4.42 Å². The van der Waals surface area contributed by atoms with Gasteiger partial charge in [0.1, 0.15) is 11.2 Å². The van der Waals surface area contributed by atoms with Crippen molar-refractivity contribution in [3.05, 3.63) is 115 Å². The van der Waals surface area contributed by atoms with Gasteiger partial charge in [0.15, 0.2) is 17.5 Å². The summed E-state index contributed by atoms with van der Waals surface area (Å²) in [6.07, 6.45) is 0. The third-order valence-electron chi connectivity index (χ3n) is 6.94. The van der Waals surface area contributed by atoms with Crippen LogP contribution in [0.4, 0.5) is 0 Å². The first-order chi connectivity index (χ1) is 18.8. The highest BCUT2D eigenvalue weighted by atomic mass is 32.1. The van der Waals surface area contributed by atoms with Crippen molar-refractivity contribution in [3.63, 3.8) is 0 Å². The molecule has 3 aromatic heterocycles. The average molecular weight is 506 g/mol. The summed E-state index contributed by atoms with van der Waals surface area (Å²) in [6, 6.07) is 39.3. The summed E-state index contributed by atoms with van der Waals surface area (Å²) < 4.78 is 8.58. The molecule has 3 heterocycles. The lowest BCUT2D eigenvalue weighted by molar-refractivity contribution is 0.669. The summed E-state index contributed by atoms with van der Waals surface area (Å²) in [4.78, 5) is 14.9. The van der Waals surface area contributed by atoms with E-state index >= 15 is 0 Å². The maximum atomic E-state index is 6.05. The van der Waals surface area contributed by atoms with Crippen LogP contribution in [0.1, 0.15) is 0 Å². The van der Waals surface area contributed by atoms with Gasteiger partial charge in [-0.15, -0.1) is 11.3 Å². The quantitative estimate of drug-likeness (QED) is 0.240. The van der Waals surface area contributed by atoms with Crippen molar-refractivity contribution in [3.8, 4) is 34.2 Å². The second-order valence-corrected chi connectivity index (χ2v) is 10.4. The summed E-state index contributed by atoms with van der Waals surface area (Å²) >= 11 is 1.81. The molecule has 8 aromatic rings. The second kappa shape index (κ2) is 8.33. The molecular formula is C33H19N3OS. The standard InChI is InChI=1S/C33H19N3OS/c1-2-8-20(9-3-1)31-34-32(21-14-16-28-25(18-21)23-10-4-6-12-27(23)37-28)36-33(35-31)22-15-17-30-26(19-22)24-11-5-7-13-29(24)38-30/h1-19H. The van der Waals surface area contributed by atoms with Crippen LogP contribution in [0.2, 0.25) is 0 Å². The first-order valence-electron chi connectivity index (χ1n) is 12.4. The van der Waals surface area contributed by atoms with Crippen molar-refractivity contribution in [2.75, 3.05) is 0 Å². The van der Waals surface area contributed by atoms with Gasteiger partial charge in [-0.2, -0.15) is 0 Å². The Labute approximate surface area is 221 Å². The normalized spacial score (nSPS) is 11.7. The van der Waals surface area contributed by atoms with Crippen molar-refractivity contribution in [1.29, 1.82) is 0 Å².